The van der Waals surface area contributed by atoms with Crippen LogP contribution in [-0.4, -0.2) is 39.2 Å². The lowest BCUT2D eigenvalue weighted by atomic mass is 9.89. The van der Waals surface area contributed by atoms with Crippen LogP contribution in [0.2, 0.25) is 5.02 Å². The Hall–Kier alpha value is -3.75. The largest absolute Gasteiger partial charge is 0.493 e. The molecule has 0 aromatic heterocycles. The van der Waals surface area contributed by atoms with Gasteiger partial charge in [-0.3, -0.25) is 14.4 Å². The molecule has 3 atom stereocenters. The van der Waals surface area contributed by atoms with Gasteiger partial charge in [0.1, 0.15) is 12.0 Å². The molecule has 2 heterocycles. The highest BCUT2D eigenvalue weighted by molar-refractivity contribution is 6.36. The Morgan fingerprint density at radius 3 is 2.14 bits per heavy atom. The second-order valence-electron chi connectivity index (χ2n) is 8.04. The molecule has 2 saturated heterocycles. The highest BCUT2D eigenvalue weighted by Gasteiger charge is 2.61. The predicted molar refractivity (Wildman–Crippen MR) is 130 cm³/mol. The van der Waals surface area contributed by atoms with Gasteiger partial charge in [-0.2, -0.15) is 0 Å². The minimum absolute atomic E-state index is 0.300. The Morgan fingerprint density at radius 2 is 1.49 bits per heavy atom. The summed E-state index contributed by atoms with van der Waals surface area (Å²) in [7, 11) is 4.55. The SMILES string of the molecule is COc1ccc([C@@H]2[C@H]3C(=O)N(c4ccccc4Cl)C(=O)[C@H]3ON2c2ccccc2)c(OC)c1OC. The van der Waals surface area contributed by atoms with Crippen molar-refractivity contribution >= 4 is 34.8 Å². The molecule has 9 heteroatoms. The van der Waals surface area contributed by atoms with E-state index in [9.17, 15) is 9.59 Å². The molecule has 0 spiro atoms. The summed E-state index contributed by atoms with van der Waals surface area (Å²) in [5.41, 5.74) is 1.63. The summed E-state index contributed by atoms with van der Waals surface area (Å²) in [5.74, 6) is -0.501. The van der Waals surface area contributed by atoms with Crippen LogP contribution < -0.4 is 24.2 Å². The lowest BCUT2D eigenvalue weighted by molar-refractivity contribution is -0.126. The van der Waals surface area contributed by atoms with E-state index in [4.69, 9.17) is 30.6 Å². The van der Waals surface area contributed by atoms with E-state index in [1.807, 2.05) is 30.3 Å². The first-order valence-corrected chi connectivity index (χ1v) is 11.3. The van der Waals surface area contributed by atoms with E-state index < -0.39 is 29.9 Å². The highest BCUT2D eigenvalue weighted by atomic mass is 35.5. The van der Waals surface area contributed by atoms with Gasteiger partial charge in [-0.15, -0.1) is 0 Å². The van der Waals surface area contributed by atoms with Crippen molar-refractivity contribution in [3.05, 3.63) is 77.3 Å². The van der Waals surface area contributed by atoms with Gasteiger partial charge in [0.2, 0.25) is 11.7 Å². The number of para-hydroxylation sites is 2. The molecule has 0 N–H and O–H groups in total. The number of ether oxygens (including phenoxy) is 3. The Labute approximate surface area is 207 Å². The second-order valence-corrected chi connectivity index (χ2v) is 8.45. The van der Waals surface area contributed by atoms with Crippen LogP contribution in [0.3, 0.4) is 0 Å². The third-order valence-corrected chi connectivity index (χ3v) is 6.59. The molecule has 0 radical (unpaired) electrons. The number of amides is 2. The van der Waals surface area contributed by atoms with Crippen molar-refractivity contribution in [3.8, 4) is 17.2 Å². The molecule has 8 nitrogen and oxygen atoms in total. The van der Waals surface area contributed by atoms with Crippen LogP contribution in [0, 0.1) is 5.92 Å². The monoisotopic (exact) mass is 494 g/mol. The number of rotatable bonds is 6. The van der Waals surface area contributed by atoms with Crippen LogP contribution in [0.15, 0.2) is 66.7 Å². The second kappa shape index (κ2) is 9.13. The number of carbonyl (C=O) groups is 2. The third kappa shape index (κ3) is 3.57. The lowest BCUT2D eigenvalue weighted by Gasteiger charge is -2.30. The van der Waals surface area contributed by atoms with Gasteiger partial charge in [0.05, 0.1) is 37.7 Å². The molecule has 2 aliphatic heterocycles. The van der Waals surface area contributed by atoms with E-state index in [2.05, 4.69) is 0 Å². The average molecular weight is 495 g/mol. The molecule has 180 valence electrons. The molecule has 0 aliphatic carbocycles. The molecule has 35 heavy (non-hydrogen) atoms. The van der Waals surface area contributed by atoms with Crippen LogP contribution in [0.5, 0.6) is 17.2 Å². The first-order chi connectivity index (χ1) is 17.0. The van der Waals surface area contributed by atoms with Gasteiger partial charge in [-0.05, 0) is 36.4 Å². The van der Waals surface area contributed by atoms with Crippen molar-refractivity contribution in [3.63, 3.8) is 0 Å². The standard InChI is InChI=1S/C26H23ClN2O6/c1-32-19-14-13-16(22(33-2)23(19)34-3)21-20-24(35-29(21)15-9-5-4-6-10-15)26(31)28(25(20)30)18-12-8-7-11-17(18)27/h4-14,20-21,24H,1-3H3/t20-,21-,24+/m1/s1. The van der Waals surface area contributed by atoms with Gasteiger partial charge in [0, 0.05) is 5.56 Å². The van der Waals surface area contributed by atoms with E-state index in [1.54, 1.807) is 41.5 Å². The van der Waals surface area contributed by atoms with Crippen LogP contribution in [0.4, 0.5) is 11.4 Å². The topological polar surface area (TPSA) is 77.5 Å². The van der Waals surface area contributed by atoms with Gasteiger partial charge in [0.15, 0.2) is 17.6 Å². The summed E-state index contributed by atoms with van der Waals surface area (Å²) >= 11 is 6.34. The maximum Gasteiger partial charge on any atom is 0.266 e. The van der Waals surface area contributed by atoms with Gasteiger partial charge in [-0.25, -0.2) is 9.96 Å². The van der Waals surface area contributed by atoms with Crippen LogP contribution in [0.25, 0.3) is 0 Å². The number of hydroxylamine groups is 1. The zero-order chi connectivity index (χ0) is 24.7. The molecule has 2 amide bonds. The highest BCUT2D eigenvalue weighted by Crippen LogP contribution is 2.52. The summed E-state index contributed by atoms with van der Waals surface area (Å²) < 4.78 is 16.7. The number of methoxy groups -OCH3 is 3. The minimum atomic E-state index is -1.04. The molecule has 0 unspecified atom stereocenters. The fraction of sp³-hybridized carbons (Fsp3) is 0.231. The predicted octanol–water partition coefficient (Wildman–Crippen LogP) is 4.42. The maximum atomic E-state index is 13.8. The lowest BCUT2D eigenvalue weighted by Crippen LogP contribution is -2.37. The normalized spacial score (nSPS) is 21.3. The molecule has 5 rings (SSSR count). The fourth-order valence-electron chi connectivity index (χ4n) is 4.76. The summed E-state index contributed by atoms with van der Waals surface area (Å²) in [6, 6.07) is 18.9. The number of hydrogen-bond acceptors (Lipinski definition) is 7. The molecule has 3 aromatic carbocycles. The molecule has 0 saturated carbocycles. The zero-order valence-electron chi connectivity index (χ0n) is 19.3. The summed E-state index contributed by atoms with van der Waals surface area (Å²) in [4.78, 5) is 34.6. The number of anilines is 2. The number of halogens is 1. The molecular weight excluding hydrogens is 472 g/mol. The van der Waals surface area contributed by atoms with Gasteiger partial charge in [-0.1, -0.05) is 41.9 Å². The summed E-state index contributed by atoms with van der Waals surface area (Å²) in [6.45, 7) is 0. The Balaban J connectivity index is 1.67. The Morgan fingerprint density at radius 1 is 0.800 bits per heavy atom. The van der Waals surface area contributed by atoms with E-state index >= 15 is 0 Å². The van der Waals surface area contributed by atoms with Crippen LogP contribution >= 0.6 is 11.6 Å². The number of imide groups is 1. The number of nitrogens with zero attached hydrogens (tertiary/aromatic N) is 2. The Kier molecular flexibility index (Phi) is 6.00. The number of benzene rings is 3. The molecule has 2 fully saturated rings. The van der Waals surface area contributed by atoms with E-state index in [1.165, 1.54) is 21.3 Å². The van der Waals surface area contributed by atoms with Gasteiger partial charge < -0.3 is 14.2 Å². The summed E-state index contributed by atoms with van der Waals surface area (Å²) in [5, 5.41) is 1.90. The number of carbonyl (C=O) groups excluding carboxylic acids is 2. The van der Waals surface area contributed by atoms with Crippen LogP contribution in [0.1, 0.15) is 11.6 Å². The Bertz CT molecular complexity index is 1280. The molecular formula is C26H23ClN2O6. The van der Waals surface area contributed by atoms with Gasteiger partial charge >= 0.3 is 0 Å². The molecule has 3 aromatic rings. The van der Waals surface area contributed by atoms with Crippen molar-refractivity contribution < 1.29 is 28.6 Å². The van der Waals surface area contributed by atoms with E-state index in [0.717, 1.165) is 4.90 Å². The van der Waals surface area contributed by atoms with Crippen molar-refractivity contribution in [2.45, 2.75) is 12.1 Å². The number of hydrogen-bond donors (Lipinski definition) is 0. The maximum absolute atomic E-state index is 13.8. The van der Waals surface area contributed by atoms with E-state index in [0.29, 0.717) is 39.2 Å². The van der Waals surface area contributed by atoms with Crippen molar-refractivity contribution in [1.82, 2.24) is 0 Å². The van der Waals surface area contributed by atoms with E-state index in [-0.39, 0.29) is 0 Å². The first-order valence-electron chi connectivity index (χ1n) is 10.9. The van der Waals surface area contributed by atoms with Gasteiger partial charge in [0.25, 0.3) is 5.91 Å². The van der Waals surface area contributed by atoms with Crippen molar-refractivity contribution in [1.29, 1.82) is 0 Å². The van der Waals surface area contributed by atoms with Crippen molar-refractivity contribution in [2.75, 3.05) is 31.3 Å². The minimum Gasteiger partial charge on any atom is -0.493 e. The fourth-order valence-corrected chi connectivity index (χ4v) is 4.98. The molecule has 2 aliphatic rings. The third-order valence-electron chi connectivity index (χ3n) is 6.27. The number of fused-ring (bicyclic) bond motifs is 1. The first kappa shape index (κ1) is 23.0. The average Bonchev–Trinajstić information content (AvgIpc) is 3.39. The van der Waals surface area contributed by atoms with Crippen LogP contribution in [-0.2, 0) is 14.4 Å². The summed E-state index contributed by atoms with van der Waals surface area (Å²) in [6.07, 6.45) is -1.04. The quantitative estimate of drug-likeness (QED) is 0.469. The smallest absolute Gasteiger partial charge is 0.266 e. The molecule has 0 bridgehead atoms. The van der Waals surface area contributed by atoms with Crippen molar-refractivity contribution in [2.24, 2.45) is 5.92 Å². The zero-order valence-corrected chi connectivity index (χ0v) is 20.1.